The number of carbonyl (C=O) groups excluding carboxylic acids is 1. The van der Waals surface area contributed by atoms with Crippen LogP contribution in [0.2, 0.25) is 0 Å². The zero-order valence-electron chi connectivity index (χ0n) is 12.1. The fourth-order valence-electron chi connectivity index (χ4n) is 2.16. The average molecular weight is 314 g/mol. The van der Waals surface area contributed by atoms with Crippen LogP contribution in [0.25, 0.3) is 11.0 Å². The van der Waals surface area contributed by atoms with E-state index < -0.39 is 0 Å². The summed E-state index contributed by atoms with van der Waals surface area (Å²) >= 11 is 0.989. The van der Waals surface area contributed by atoms with Crippen LogP contribution in [0.1, 0.15) is 10.4 Å². The predicted octanol–water partition coefficient (Wildman–Crippen LogP) is 3.22. The van der Waals surface area contributed by atoms with Crippen LogP contribution in [-0.2, 0) is 7.05 Å². The molecule has 6 heteroatoms. The topological polar surface area (TPSA) is 64.3 Å². The Morgan fingerprint density at radius 3 is 2.73 bits per heavy atom. The number of para-hydroxylation sites is 2. The number of hydrogen-bond donors (Lipinski definition) is 1. The minimum atomic E-state index is -0.265. The van der Waals surface area contributed by atoms with Crippen molar-refractivity contribution in [2.45, 2.75) is 5.16 Å². The Kier molecular flexibility index (Phi) is 3.77. The molecule has 0 aliphatic carbocycles. The molecule has 0 unspecified atom stereocenters. The van der Waals surface area contributed by atoms with Crippen LogP contribution in [0.5, 0.6) is 11.5 Å². The molecular weight excluding hydrogens is 300 g/mol. The number of aromatic hydroxyl groups is 1. The molecule has 3 rings (SSSR count). The van der Waals surface area contributed by atoms with E-state index in [1.807, 2.05) is 35.9 Å². The maximum absolute atomic E-state index is 12.4. The smallest absolute Gasteiger partial charge is 0.230 e. The molecule has 0 spiro atoms. The fraction of sp³-hybridized carbons (Fsp3) is 0.125. The van der Waals surface area contributed by atoms with Crippen LogP contribution in [0.15, 0.2) is 47.6 Å². The van der Waals surface area contributed by atoms with Crippen molar-refractivity contribution in [2.24, 2.45) is 7.05 Å². The largest absolute Gasteiger partial charge is 0.507 e. The Hall–Kier alpha value is -2.47. The second kappa shape index (κ2) is 5.73. The van der Waals surface area contributed by atoms with Gasteiger partial charge in [-0.1, -0.05) is 12.1 Å². The molecule has 0 saturated heterocycles. The summed E-state index contributed by atoms with van der Waals surface area (Å²) < 4.78 is 6.87. The number of hydrogen-bond acceptors (Lipinski definition) is 5. The van der Waals surface area contributed by atoms with Crippen molar-refractivity contribution in [1.82, 2.24) is 9.55 Å². The van der Waals surface area contributed by atoms with Gasteiger partial charge in [0.15, 0.2) is 5.16 Å². The van der Waals surface area contributed by atoms with E-state index in [1.165, 1.54) is 13.2 Å². The molecule has 0 fully saturated rings. The highest BCUT2D eigenvalue weighted by Crippen LogP contribution is 2.30. The molecule has 0 aliphatic rings. The number of benzene rings is 2. The van der Waals surface area contributed by atoms with Gasteiger partial charge in [-0.05, 0) is 36.0 Å². The van der Waals surface area contributed by atoms with Gasteiger partial charge in [0.25, 0.3) is 0 Å². The van der Waals surface area contributed by atoms with E-state index in [0.29, 0.717) is 10.9 Å². The van der Waals surface area contributed by atoms with E-state index in [9.17, 15) is 9.90 Å². The number of carbonyl (C=O) groups is 1. The highest BCUT2D eigenvalue weighted by molar-refractivity contribution is 8.14. The van der Waals surface area contributed by atoms with Crippen molar-refractivity contribution in [3.05, 3.63) is 48.0 Å². The van der Waals surface area contributed by atoms with Gasteiger partial charge in [0.2, 0.25) is 5.12 Å². The van der Waals surface area contributed by atoms with Crippen molar-refractivity contribution in [3.63, 3.8) is 0 Å². The van der Waals surface area contributed by atoms with Gasteiger partial charge in [-0.25, -0.2) is 4.98 Å². The quantitative estimate of drug-likeness (QED) is 0.752. The van der Waals surface area contributed by atoms with Gasteiger partial charge in [-0.2, -0.15) is 0 Å². The summed E-state index contributed by atoms with van der Waals surface area (Å²) in [6.45, 7) is 0. The Morgan fingerprint density at radius 1 is 1.27 bits per heavy atom. The number of phenols is 1. The third-order valence-electron chi connectivity index (χ3n) is 3.35. The van der Waals surface area contributed by atoms with Crippen LogP contribution in [0.3, 0.4) is 0 Å². The number of thioether (sulfide) groups is 1. The predicted molar refractivity (Wildman–Crippen MR) is 85.6 cm³/mol. The number of rotatable bonds is 3. The second-order valence-electron chi connectivity index (χ2n) is 4.71. The van der Waals surface area contributed by atoms with Crippen molar-refractivity contribution < 1.29 is 14.6 Å². The van der Waals surface area contributed by atoms with Gasteiger partial charge in [0, 0.05) is 13.1 Å². The lowest BCUT2D eigenvalue weighted by atomic mass is 10.2. The Balaban J connectivity index is 1.91. The lowest BCUT2D eigenvalue weighted by Gasteiger charge is -2.06. The zero-order valence-corrected chi connectivity index (χ0v) is 12.9. The van der Waals surface area contributed by atoms with Gasteiger partial charge in [0.1, 0.15) is 11.5 Å². The number of nitrogens with zero attached hydrogens (tertiary/aromatic N) is 2. The molecular formula is C16H14N2O3S. The number of aromatic nitrogens is 2. The molecule has 1 aromatic heterocycles. The molecule has 2 aromatic carbocycles. The van der Waals surface area contributed by atoms with Crippen LogP contribution >= 0.6 is 11.8 Å². The van der Waals surface area contributed by atoms with Crippen molar-refractivity contribution in [2.75, 3.05) is 7.11 Å². The molecule has 0 radical (unpaired) electrons. The molecule has 22 heavy (non-hydrogen) atoms. The van der Waals surface area contributed by atoms with E-state index >= 15 is 0 Å². The number of ether oxygens (including phenoxy) is 1. The van der Waals surface area contributed by atoms with Crippen LogP contribution < -0.4 is 4.74 Å². The molecule has 0 aliphatic heterocycles. The molecule has 0 amide bonds. The van der Waals surface area contributed by atoms with E-state index in [-0.39, 0.29) is 16.4 Å². The molecule has 1 heterocycles. The first-order chi connectivity index (χ1) is 10.6. The lowest BCUT2D eigenvalue weighted by Crippen LogP contribution is -1.98. The van der Waals surface area contributed by atoms with Gasteiger partial charge in [-0.3, -0.25) is 4.79 Å². The average Bonchev–Trinajstić information content (AvgIpc) is 2.83. The maximum atomic E-state index is 12.4. The number of methoxy groups -OCH3 is 1. The van der Waals surface area contributed by atoms with Gasteiger partial charge >= 0.3 is 0 Å². The summed E-state index contributed by atoms with van der Waals surface area (Å²) in [6, 6.07) is 12.3. The number of imidazole rings is 1. The SMILES string of the molecule is COc1ccc(C(=O)Sc2nc3ccccc3n2C)c(O)c1. The van der Waals surface area contributed by atoms with Gasteiger partial charge in [-0.15, -0.1) is 0 Å². The summed E-state index contributed by atoms with van der Waals surface area (Å²) in [5.41, 5.74) is 2.02. The van der Waals surface area contributed by atoms with E-state index in [2.05, 4.69) is 4.98 Å². The number of phenolic OH excluding ortho intramolecular Hbond substituents is 1. The summed E-state index contributed by atoms with van der Waals surface area (Å²) in [5, 5.41) is 10.3. The maximum Gasteiger partial charge on any atom is 0.230 e. The van der Waals surface area contributed by atoms with Crippen molar-refractivity contribution in [1.29, 1.82) is 0 Å². The summed E-state index contributed by atoms with van der Waals surface area (Å²) in [5.74, 6) is 0.400. The number of aryl methyl sites for hydroxylation is 1. The zero-order chi connectivity index (χ0) is 15.7. The Bertz CT molecular complexity index is 858. The van der Waals surface area contributed by atoms with Crippen LogP contribution in [-0.4, -0.2) is 26.9 Å². The third-order valence-corrected chi connectivity index (χ3v) is 4.31. The molecule has 1 N–H and O–H groups in total. The van der Waals surface area contributed by atoms with Crippen LogP contribution in [0.4, 0.5) is 0 Å². The Labute approximate surface area is 131 Å². The van der Waals surface area contributed by atoms with Crippen molar-refractivity contribution in [3.8, 4) is 11.5 Å². The first-order valence-electron chi connectivity index (χ1n) is 6.61. The van der Waals surface area contributed by atoms with E-state index in [4.69, 9.17) is 4.74 Å². The highest BCUT2D eigenvalue weighted by atomic mass is 32.2. The molecule has 0 bridgehead atoms. The minimum Gasteiger partial charge on any atom is -0.507 e. The van der Waals surface area contributed by atoms with E-state index in [1.54, 1.807) is 12.1 Å². The third kappa shape index (κ3) is 2.53. The standard InChI is InChI=1S/C16H14N2O3S/c1-18-13-6-4-3-5-12(13)17-16(18)22-15(20)11-8-7-10(21-2)9-14(11)19/h3-9,19H,1-2H3. The summed E-state index contributed by atoms with van der Waals surface area (Å²) in [7, 11) is 3.36. The van der Waals surface area contributed by atoms with Crippen molar-refractivity contribution >= 4 is 27.9 Å². The summed E-state index contributed by atoms with van der Waals surface area (Å²) in [6.07, 6.45) is 0. The molecule has 5 nitrogen and oxygen atoms in total. The summed E-state index contributed by atoms with van der Waals surface area (Å²) in [4.78, 5) is 16.8. The first kappa shape index (κ1) is 14.5. The van der Waals surface area contributed by atoms with Crippen LogP contribution in [0, 0.1) is 0 Å². The second-order valence-corrected chi connectivity index (χ2v) is 5.65. The first-order valence-corrected chi connectivity index (χ1v) is 7.42. The normalized spacial score (nSPS) is 10.8. The fourth-order valence-corrected chi connectivity index (χ4v) is 2.99. The van der Waals surface area contributed by atoms with Gasteiger partial charge in [0.05, 0.1) is 23.7 Å². The molecule has 112 valence electrons. The molecule has 3 aromatic rings. The molecule has 0 atom stereocenters. The van der Waals surface area contributed by atoms with E-state index in [0.717, 1.165) is 22.8 Å². The minimum absolute atomic E-state index is 0.101. The van der Waals surface area contributed by atoms with Gasteiger partial charge < -0.3 is 14.4 Å². The lowest BCUT2D eigenvalue weighted by molar-refractivity contribution is 0.108. The monoisotopic (exact) mass is 314 g/mol. The number of fused-ring (bicyclic) bond motifs is 1. The molecule has 0 saturated carbocycles. The Morgan fingerprint density at radius 2 is 2.05 bits per heavy atom. The highest BCUT2D eigenvalue weighted by Gasteiger charge is 2.17.